The molecule has 8 heteroatoms. The summed E-state index contributed by atoms with van der Waals surface area (Å²) in [6.45, 7) is 5.94. The van der Waals surface area contributed by atoms with E-state index in [1.54, 1.807) is 25.1 Å². The maximum atomic E-state index is 13.5. The summed E-state index contributed by atoms with van der Waals surface area (Å²) in [5.74, 6) is -0.745. The van der Waals surface area contributed by atoms with Crippen LogP contribution in [-0.4, -0.2) is 27.9 Å². The zero-order chi connectivity index (χ0) is 15.9. The summed E-state index contributed by atoms with van der Waals surface area (Å²) in [6.07, 6.45) is 1.72. The van der Waals surface area contributed by atoms with Gasteiger partial charge in [-0.3, -0.25) is 4.79 Å². The molecule has 0 aliphatic rings. The maximum absolute atomic E-state index is 13.5. The van der Waals surface area contributed by atoms with Gasteiger partial charge in [-0.15, -0.1) is 16.8 Å². The number of hydrogen-bond donors (Lipinski definition) is 2. The number of rotatable bonds is 7. The SMILES string of the molecule is C=CCNc1nnc(SC(C)C(=O)Nc2ccccc2F)s1. The van der Waals surface area contributed by atoms with E-state index in [0.29, 0.717) is 16.0 Å². The number of para-hydroxylation sites is 1. The van der Waals surface area contributed by atoms with Crippen molar-refractivity contribution in [3.8, 4) is 0 Å². The Balaban J connectivity index is 1.92. The number of hydrogen-bond acceptors (Lipinski definition) is 6. The summed E-state index contributed by atoms with van der Waals surface area (Å²) >= 11 is 2.63. The lowest BCUT2D eigenvalue weighted by Crippen LogP contribution is -2.22. The average molecular weight is 338 g/mol. The van der Waals surface area contributed by atoms with Gasteiger partial charge in [-0.25, -0.2) is 4.39 Å². The van der Waals surface area contributed by atoms with Gasteiger partial charge in [-0.1, -0.05) is 41.3 Å². The standard InChI is InChI=1S/C14H15FN4OS2/c1-3-8-16-13-18-19-14(22-13)21-9(2)12(20)17-11-7-5-4-6-10(11)15/h3-7,9H,1,8H2,2H3,(H,16,18)(H,17,20). The van der Waals surface area contributed by atoms with Crippen molar-refractivity contribution in [2.45, 2.75) is 16.5 Å². The summed E-state index contributed by atoms with van der Waals surface area (Å²) in [6, 6.07) is 6.06. The number of anilines is 2. The predicted molar refractivity (Wildman–Crippen MR) is 88.9 cm³/mol. The maximum Gasteiger partial charge on any atom is 0.237 e. The highest BCUT2D eigenvalue weighted by Crippen LogP contribution is 2.29. The van der Waals surface area contributed by atoms with Crippen LogP contribution in [0.3, 0.4) is 0 Å². The molecular weight excluding hydrogens is 323 g/mol. The summed E-state index contributed by atoms with van der Waals surface area (Å²) in [4.78, 5) is 12.1. The number of halogens is 1. The minimum Gasteiger partial charge on any atom is -0.357 e. The number of aromatic nitrogens is 2. The fourth-order valence-electron chi connectivity index (χ4n) is 1.49. The van der Waals surface area contributed by atoms with E-state index in [1.807, 2.05) is 0 Å². The van der Waals surface area contributed by atoms with Crippen LogP contribution in [0.2, 0.25) is 0 Å². The summed E-state index contributed by atoms with van der Waals surface area (Å²) in [7, 11) is 0. The number of nitrogens with one attached hydrogen (secondary N) is 2. The third-order valence-electron chi connectivity index (χ3n) is 2.58. The van der Waals surface area contributed by atoms with Crippen molar-refractivity contribution < 1.29 is 9.18 Å². The number of amides is 1. The fraction of sp³-hybridized carbons (Fsp3) is 0.214. The van der Waals surface area contributed by atoms with Crippen molar-refractivity contribution >= 4 is 39.8 Å². The highest BCUT2D eigenvalue weighted by atomic mass is 32.2. The second kappa shape index (κ2) is 7.90. The first-order valence-electron chi connectivity index (χ1n) is 6.50. The van der Waals surface area contributed by atoms with Crippen LogP contribution in [0.5, 0.6) is 0 Å². The molecule has 0 radical (unpaired) electrons. The van der Waals surface area contributed by atoms with Gasteiger partial charge in [0.05, 0.1) is 10.9 Å². The summed E-state index contributed by atoms with van der Waals surface area (Å²) in [5, 5.41) is 13.8. The number of nitrogens with zero attached hydrogens (tertiary/aromatic N) is 2. The molecule has 2 aromatic rings. The molecular formula is C14H15FN4OS2. The Bertz CT molecular complexity index is 662. The van der Waals surface area contributed by atoms with Gasteiger partial charge in [0.15, 0.2) is 4.34 Å². The Labute approximate surface area is 136 Å². The van der Waals surface area contributed by atoms with Crippen LogP contribution < -0.4 is 10.6 Å². The van der Waals surface area contributed by atoms with Crippen molar-refractivity contribution in [1.29, 1.82) is 0 Å². The molecule has 0 bridgehead atoms. The smallest absolute Gasteiger partial charge is 0.237 e. The molecule has 1 unspecified atom stereocenters. The fourth-order valence-corrected chi connectivity index (χ4v) is 3.39. The van der Waals surface area contributed by atoms with E-state index in [0.717, 1.165) is 0 Å². The van der Waals surface area contributed by atoms with Crippen molar-refractivity contribution in [2.24, 2.45) is 0 Å². The molecule has 0 fully saturated rings. The van der Waals surface area contributed by atoms with Crippen LogP contribution in [0.25, 0.3) is 0 Å². The Morgan fingerprint density at radius 2 is 2.27 bits per heavy atom. The van der Waals surface area contributed by atoms with Gasteiger partial charge in [0, 0.05) is 6.54 Å². The Hall–Kier alpha value is -1.93. The van der Waals surface area contributed by atoms with Gasteiger partial charge >= 0.3 is 0 Å². The number of carbonyl (C=O) groups excluding carboxylic acids is 1. The topological polar surface area (TPSA) is 66.9 Å². The summed E-state index contributed by atoms with van der Waals surface area (Å²) in [5.41, 5.74) is 0.172. The normalized spacial score (nSPS) is 11.7. The molecule has 0 saturated carbocycles. The Kier molecular flexibility index (Phi) is 5.91. The van der Waals surface area contributed by atoms with Crippen LogP contribution in [0, 0.1) is 5.82 Å². The molecule has 5 nitrogen and oxygen atoms in total. The molecule has 22 heavy (non-hydrogen) atoms. The van der Waals surface area contributed by atoms with Gasteiger partial charge in [-0.05, 0) is 19.1 Å². The molecule has 116 valence electrons. The first kappa shape index (κ1) is 16.4. The number of benzene rings is 1. The third-order valence-corrected chi connectivity index (χ3v) is 4.65. The lowest BCUT2D eigenvalue weighted by atomic mass is 10.3. The van der Waals surface area contributed by atoms with Crippen molar-refractivity contribution in [3.05, 3.63) is 42.7 Å². The lowest BCUT2D eigenvalue weighted by molar-refractivity contribution is -0.115. The predicted octanol–water partition coefficient (Wildman–Crippen LogP) is 3.39. The zero-order valence-electron chi connectivity index (χ0n) is 11.9. The van der Waals surface area contributed by atoms with E-state index in [9.17, 15) is 9.18 Å². The van der Waals surface area contributed by atoms with E-state index < -0.39 is 11.1 Å². The van der Waals surface area contributed by atoms with Crippen LogP contribution in [-0.2, 0) is 4.79 Å². The van der Waals surface area contributed by atoms with E-state index in [-0.39, 0.29) is 11.6 Å². The lowest BCUT2D eigenvalue weighted by Gasteiger charge is -2.10. The number of thioether (sulfide) groups is 1. The minimum atomic E-state index is -0.458. The van der Waals surface area contributed by atoms with E-state index in [1.165, 1.54) is 35.2 Å². The average Bonchev–Trinajstić information content (AvgIpc) is 2.94. The van der Waals surface area contributed by atoms with Crippen molar-refractivity contribution in [2.75, 3.05) is 17.2 Å². The van der Waals surface area contributed by atoms with E-state index >= 15 is 0 Å². The molecule has 0 saturated heterocycles. The second-order valence-corrected chi connectivity index (χ2v) is 6.84. The van der Waals surface area contributed by atoms with Gasteiger partial charge in [0.25, 0.3) is 0 Å². The molecule has 2 N–H and O–H groups in total. The van der Waals surface area contributed by atoms with Crippen LogP contribution in [0.4, 0.5) is 15.2 Å². The van der Waals surface area contributed by atoms with Gasteiger partial charge in [-0.2, -0.15) is 0 Å². The van der Waals surface area contributed by atoms with Crippen LogP contribution >= 0.6 is 23.1 Å². The molecule has 0 aliphatic carbocycles. The van der Waals surface area contributed by atoms with Crippen molar-refractivity contribution in [3.63, 3.8) is 0 Å². The molecule has 1 atom stereocenters. The highest BCUT2D eigenvalue weighted by Gasteiger charge is 2.18. The Morgan fingerprint density at radius 1 is 1.50 bits per heavy atom. The van der Waals surface area contributed by atoms with E-state index in [4.69, 9.17) is 0 Å². The zero-order valence-corrected chi connectivity index (χ0v) is 13.5. The first-order valence-corrected chi connectivity index (χ1v) is 8.20. The molecule has 1 heterocycles. The quantitative estimate of drug-likeness (QED) is 0.598. The Morgan fingerprint density at radius 3 is 3.00 bits per heavy atom. The molecule has 2 rings (SSSR count). The van der Waals surface area contributed by atoms with Gasteiger partial charge < -0.3 is 10.6 Å². The van der Waals surface area contributed by atoms with Gasteiger partial charge in [0.2, 0.25) is 11.0 Å². The van der Waals surface area contributed by atoms with Crippen LogP contribution in [0.1, 0.15) is 6.92 Å². The first-order chi connectivity index (χ1) is 10.6. The largest absolute Gasteiger partial charge is 0.357 e. The van der Waals surface area contributed by atoms with Gasteiger partial charge in [0.1, 0.15) is 5.82 Å². The van der Waals surface area contributed by atoms with E-state index in [2.05, 4.69) is 27.4 Å². The van der Waals surface area contributed by atoms with Crippen LogP contribution in [0.15, 0.2) is 41.3 Å². The second-order valence-electron chi connectivity index (χ2n) is 4.27. The molecule has 0 spiro atoms. The molecule has 1 aromatic heterocycles. The summed E-state index contributed by atoms with van der Waals surface area (Å²) < 4.78 is 14.2. The molecule has 1 amide bonds. The van der Waals surface area contributed by atoms with Crippen molar-refractivity contribution in [1.82, 2.24) is 10.2 Å². The monoisotopic (exact) mass is 338 g/mol. The minimum absolute atomic E-state index is 0.172. The highest BCUT2D eigenvalue weighted by molar-refractivity contribution is 8.02. The number of carbonyl (C=O) groups is 1. The molecule has 0 aliphatic heterocycles. The molecule has 1 aromatic carbocycles. The third kappa shape index (κ3) is 4.54.